The van der Waals surface area contributed by atoms with Crippen LogP contribution >= 0.6 is 0 Å². The van der Waals surface area contributed by atoms with Gasteiger partial charge in [0.2, 0.25) is 5.91 Å². The minimum atomic E-state index is -0.153. The van der Waals surface area contributed by atoms with Crippen molar-refractivity contribution >= 4 is 17.4 Å². The number of aryl methyl sites for hydroxylation is 1. The van der Waals surface area contributed by atoms with Gasteiger partial charge in [-0.2, -0.15) is 0 Å². The molecule has 1 saturated heterocycles. The predicted molar refractivity (Wildman–Crippen MR) is 121 cm³/mol. The molecular formula is C24H31N5O2. The Hall–Kier alpha value is -2.51. The fourth-order valence-electron chi connectivity index (χ4n) is 5.71. The molecule has 1 aliphatic carbocycles. The number of aromatic nitrogens is 2. The molecule has 1 aromatic heterocycles. The van der Waals surface area contributed by atoms with Gasteiger partial charge in [-0.1, -0.05) is 18.6 Å². The summed E-state index contributed by atoms with van der Waals surface area (Å²) in [6, 6.07) is 6.31. The SMILES string of the molecule is Cc1nc(N2CCC3(CCC[C@H]3N)CC2)c(CO)nc1-c1ccc2c(c1)N(C)C(=O)C2. The molecule has 1 saturated carbocycles. The zero-order chi connectivity index (χ0) is 21.8. The molecule has 0 unspecified atom stereocenters. The number of anilines is 2. The number of nitrogens with zero attached hydrogens (tertiary/aromatic N) is 4. The Morgan fingerprint density at radius 2 is 2.00 bits per heavy atom. The number of fused-ring (bicyclic) bond motifs is 1. The number of carbonyl (C=O) groups is 1. The highest BCUT2D eigenvalue weighted by Crippen LogP contribution is 2.46. The van der Waals surface area contributed by atoms with Gasteiger partial charge in [0.1, 0.15) is 5.69 Å². The number of benzene rings is 1. The Kier molecular flexibility index (Phi) is 4.98. The van der Waals surface area contributed by atoms with Crippen molar-refractivity contribution in [3.63, 3.8) is 0 Å². The van der Waals surface area contributed by atoms with E-state index in [-0.39, 0.29) is 17.9 Å². The van der Waals surface area contributed by atoms with E-state index in [1.54, 1.807) is 11.9 Å². The quantitative estimate of drug-likeness (QED) is 0.791. The molecule has 1 aromatic carbocycles. The number of piperidine rings is 1. The van der Waals surface area contributed by atoms with Crippen molar-refractivity contribution in [1.29, 1.82) is 0 Å². The van der Waals surface area contributed by atoms with Crippen LogP contribution in [-0.4, -0.2) is 47.2 Å². The van der Waals surface area contributed by atoms with Crippen molar-refractivity contribution in [3.8, 4) is 11.3 Å². The Balaban J connectivity index is 1.44. The van der Waals surface area contributed by atoms with Crippen molar-refractivity contribution in [2.45, 2.75) is 58.1 Å². The van der Waals surface area contributed by atoms with E-state index in [0.717, 1.165) is 66.4 Å². The van der Waals surface area contributed by atoms with Crippen LogP contribution in [0, 0.1) is 12.3 Å². The molecule has 1 atom stereocenters. The van der Waals surface area contributed by atoms with E-state index in [4.69, 9.17) is 15.7 Å². The highest BCUT2D eigenvalue weighted by atomic mass is 16.3. The minimum absolute atomic E-state index is 0.103. The molecule has 1 spiro atoms. The standard InChI is InChI=1S/C24H31N5O2/c1-15-22(17-6-5-16-13-21(31)28(2)19(16)12-17)27-18(14-30)23(26-15)29-10-8-24(9-11-29)7-3-4-20(24)25/h5-6,12,20,30H,3-4,7-11,13-14,25H2,1-2H3/t20-/m1/s1. The molecule has 3 N–H and O–H groups in total. The zero-order valence-corrected chi connectivity index (χ0v) is 18.4. The smallest absolute Gasteiger partial charge is 0.231 e. The summed E-state index contributed by atoms with van der Waals surface area (Å²) in [7, 11) is 1.80. The summed E-state index contributed by atoms with van der Waals surface area (Å²) in [5.41, 5.74) is 11.8. The molecule has 2 fully saturated rings. The first kappa shape index (κ1) is 20.4. The van der Waals surface area contributed by atoms with Gasteiger partial charge < -0.3 is 20.6 Å². The largest absolute Gasteiger partial charge is 0.390 e. The lowest BCUT2D eigenvalue weighted by atomic mass is 9.74. The van der Waals surface area contributed by atoms with E-state index in [9.17, 15) is 9.90 Å². The second-order valence-corrected chi connectivity index (χ2v) is 9.41. The van der Waals surface area contributed by atoms with Crippen LogP contribution in [0.15, 0.2) is 18.2 Å². The number of likely N-dealkylation sites (N-methyl/N-ethyl adjacent to an activating group) is 1. The van der Waals surface area contributed by atoms with Gasteiger partial charge in [0.15, 0.2) is 5.82 Å². The predicted octanol–water partition coefficient (Wildman–Crippen LogP) is 2.56. The first-order valence-electron chi connectivity index (χ1n) is 11.3. The van der Waals surface area contributed by atoms with Crippen molar-refractivity contribution < 1.29 is 9.90 Å². The van der Waals surface area contributed by atoms with Crippen LogP contribution < -0.4 is 15.5 Å². The maximum absolute atomic E-state index is 12.0. The van der Waals surface area contributed by atoms with Gasteiger partial charge in [0, 0.05) is 37.4 Å². The zero-order valence-electron chi connectivity index (χ0n) is 18.4. The molecule has 0 bridgehead atoms. The second-order valence-electron chi connectivity index (χ2n) is 9.41. The minimum Gasteiger partial charge on any atom is -0.390 e. The van der Waals surface area contributed by atoms with Crippen LogP contribution in [0.1, 0.15) is 49.1 Å². The van der Waals surface area contributed by atoms with Crippen molar-refractivity contribution in [3.05, 3.63) is 35.2 Å². The van der Waals surface area contributed by atoms with E-state index in [2.05, 4.69) is 4.90 Å². The molecule has 2 aromatic rings. The van der Waals surface area contributed by atoms with Gasteiger partial charge >= 0.3 is 0 Å². The van der Waals surface area contributed by atoms with Crippen molar-refractivity contribution in [2.75, 3.05) is 29.9 Å². The van der Waals surface area contributed by atoms with Gasteiger partial charge in [-0.05, 0) is 49.7 Å². The Labute approximate surface area is 183 Å². The summed E-state index contributed by atoms with van der Waals surface area (Å²) in [4.78, 5) is 25.7. The number of nitrogens with two attached hydrogens (primary N) is 1. The monoisotopic (exact) mass is 421 g/mol. The van der Waals surface area contributed by atoms with E-state index in [0.29, 0.717) is 18.2 Å². The van der Waals surface area contributed by atoms with Gasteiger partial charge in [-0.15, -0.1) is 0 Å². The fraction of sp³-hybridized carbons (Fsp3) is 0.542. The van der Waals surface area contributed by atoms with Crippen LogP contribution in [0.5, 0.6) is 0 Å². The summed E-state index contributed by atoms with van der Waals surface area (Å²) in [5.74, 6) is 0.893. The third-order valence-electron chi connectivity index (χ3n) is 7.74. The number of amides is 1. The molecule has 3 heterocycles. The number of hydrogen-bond acceptors (Lipinski definition) is 6. The highest BCUT2D eigenvalue weighted by molar-refractivity contribution is 6.01. The molecule has 0 radical (unpaired) electrons. The molecule has 7 heteroatoms. The van der Waals surface area contributed by atoms with Crippen LogP contribution in [0.2, 0.25) is 0 Å². The fourth-order valence-corrected chi connectivity index (χ4v) is 5.71. The highest BCUT2D eigenvalue weighted by Gasteiger charge is 2.43. The normalized spacial score (nSPS) is 22.5. The summed E-state index contributed by atoms with van der Waals surface area (Å²) < 4.78 is 0. The van der Waals surface area contributed by atoms with E-state index in [1.807, 2.05) is 25.1 Å². The summed E-state index contributed by atoms with van der Waals surface area (Å²) in [6.45, 7) is 3.62. The molecule has 2 aliphatic heterocycles. The number of hydrogen-bond donors (Lipinski definition) is 2. The van der Waals surface area contributed by atoms with Crippen LogP contribution in [0.25, 0.3) is 11.3 Å². The molecule has 7 nitrogen and oxygen atoms in total. The first-order valence-corrected chi connectivity index (χ1v) is 11.3. The van der Waals surface area contributed by atoms with Gasteiger partial charge in [0.25, 0.3) is 0 Å². The summed E-state index contributed by atoms with van der Waals surface area (Å²) >= 11 is 0. The van der Waals surface area contributed by atoms with E-state index in [1.165, 1.54) is 12.8 Å². The Morgan fingerprint density at radius 3 is 2.68 bits per heavy atom. The average Bonchev–Trinajstić information content (AvgIpc) is 3.27. The second kappa shape index (κ2) is 7.57. The van der Waals surface area contributed by atoms with Gasteiger partial charge in [-0.25, -0.2) is 9.97 Å². The van der Waals surface area contributed by atoms with Crippen LogP contribution in [0.3, 0.4) is 0 Å². The Bertz CT molecular complexity index is 1030. The molecule has 164 valence electrons. The van der Waals surface area contributed by atoms with Gasteiger partial charge in [0.05, 0.1) is 24.4 Å². The van der Waals surface area contributed by atoms with Crippen LogP contribution in [0.4, 0.5) is 11.5 Å². The molecule has 1 amide bonds. The molecular weight excluding hydrogens is 390 g/mol. The lowest BCUT2D eigenvalue weighted by molar-refractivity contribution is -0.117. The maximum atomic E-state index is 12.0. The van der Waals surface area contributed by atoms with Crippen molar-refractivity contribution in [1.82, 2.24) is 9.97 Å². The third kappa shape index (κ3) is 3.31. The number of carbonyl (C=O) groups excluding carboxylic acids is 1. The summed E-state index contributed by atoms with van der Waals surface area (Å²) in [6.07, 6.45) is 6.19. The Morgan fingerprint density at radius 1 is 1.23 bits per heavy atom. The molecule has 3 aliphatic rings. The van der Waals surface area contributed by atoms with Gasteiger partial charge in [-0.3, -0.25) is 4.79 Å². The number of aliphatic hydroxyl groups is 1. The average molecular weight is 422 g/mol. The van der Waals surface area contributed by atoms with Crippen LogP contribution in [-0.2, 0) is 17.8 Å². The van der Waals surface area contributed by atoms with Crippen molar-refractivity contribution in [2.24, 2.45) is 11.1 Å². The molecule has 5 rings (SSSR count). The number of aliphatic hydroxyl groups excluding tert-OH is 1. The van der Waals surface area contributed by atoms with E-state index >= 15 is 0 Å². The lowest BCUT2D eigenvalue weighted by Crippen LogP contribution is -2.47. The molecule has 31 heavy (non-hydrogen) atoms. The number of rotatable bonds is 3. The summed E-state index contributed by atoms with van der Waals surface area (Å²) in [5, 5.41) is 10.1. The maximum Gasteiger partial charge on any atom is 0.231 e. The third-order valence-corrected chi connectivity index (χ3v) is 7.74. The van der Waals surface area contributed by atoms with E-state index < -0.39 is 0 Å². The topological polar surface area (TPSA) is 95.6 Å². The first-order chi connectivity index (χ1) is 14.9. The lowest BCUT2D eigenvalue weighted by Gasteiger charge is -2.42.